The molecular formula is C20H27N5O4. The zero-order chi connectivity index (χ0) is 20.2. The molecule has 1 amide bonds. The van der Waals surface area contributed by atoms with Crippen molar-refractivity contribution >= 4 is 5.91 Å². The molecule has 0 unspecified atom stereocenters. The van der Waals surface area contributed by atoms with Crippen LogP contribution in [0.3, 0.4) is 0 Å². The van der Waals surface area contributed by atoms with Crippen LogP contribution in [0.25, 0.3) is 0 Å². The minimum atomic E-state index is -0.796. The van der Waals surface area contributed by atoms with E-state index in [1.165, 1.54) is 0 Å². The average Bonchev–Trinajstić information content (AvgIpc) is 3.16. The molecule has 9 nitrogen and oxygen atoms in total. The van der Waals surface area contributed by atoms with Crippen molar-refractivity contribution in [2.45, 2.75) is 44.2 Å². The molecule has 1 saturated heterocycles. The number of amides is 1. The first-order valence-electron chi connectivity index (χ1n) is 9.93. The van der Waals surface area contributed by atoms with E-state index in [9.17, 15) is 9.90 Å². The predicted octanol–water partition coefficient (Wildman–Crippen LogP) is 0.258. The Kier molecular flexibility index (Phi) is 6.19. The minimum Gasteiger partial charge on any atom is -0.388 e. The van der Waals surface area contributed by atoms with Crippen LogP contribution in [-0.4, -0.2) is 76.2 Å². The lowest BCUT2D eigenvalue weighted by molar-refractivity contribution is -0.0981. The number of hydrogen-bond acceptors (Lipinski definition) is 7. The highest BCUT2D eigenvalue weighted by molar-refractivity contribution is 5.94. The third-order valence-corrected chi connectivity index (χ3v) is 5.45. The number of rotatable bonds is 6. The van der Waals surface area contributed by atoms with Crippen LogP contribution in [0.1, 0.15) is 33.7 Å². The first-order valence-corrected chi connectivity index (χ1v) is 9.93. The second-order valence-corrected chi connectivity index (χ2v) is 7.66. The first-order chi connectivity index (χ1) is 14.1. The van der Waals surface area contributed by atoms with Gasteiger partial charge in [0, 0.05) is 49.8 Å². The Bertz CT molecular complexity index is 828. The van der Waals surface area contributed by atoms with E-state index in [0.717, 1.165) is 23.2 Å². The summed E-state index contributed by atoms with van der Waals surface area (Å²) in [6, 6.07) is 3.53. The Balaban J connectivity index is 1.35. The van der Waals surface area contributed by atoms with Crippen LogP contribution < -0.4 is 5.32 Å². The Morgan fingerprint density at radius 3 is 3.17 bits per heavy atom. The molecule has 2 aromatic rings. The molecule has 3 atom stereocenters. The second-order valence-electron chi connectivity index (χ2n) is 7.66. The summed E-state index contributed by atoms with van der Waals surface area (Å²) in [5.41, 5.74) is 3.20. The van der Waals surface area contributed by atoms with Gasteiger partial charge in [0.05, 0.1) is 25.4 Å². The second kappa shape index (κ2) is 9.00. The molecule has 29 heavy (non-hydrogen) atoms. The normalized spacial score (nSPS) is 24.3. The van der Waals surface area contributed by atoms with Crippen molar-refractivity contribution in [3.63, 3.8) is 0 Å². The number of aliphatic hydroxyl groups excluding tert-OH is 1. The van der Waals surface area contributed by atoms with Crippen molar-refractivity contribution in [1.82, 2.24) is 25.4 Å². The fourth-order valence-electron chi connectivity index (χ4n) is 3.90. The molecule has 1 fully saturated rings. The fraction of sp³-hybridized carbons (Fsp3) is 0.550. The van der Waals surface area contributed by atoms with Gasteiger partial charge in [-0.05, 0) is 25.1 Å². The largest absolute Gasteiger partial charge is 0.388 e. The molecule has 4 rings (SSSR count). The molecule has 156 valence electrons. The number of fused-ring (bicyclic) bond motifs is 1. The summed E-state index contributed by atoms with van der Waals surface area (Å²) in [7, 11) is 1.97. The number of aromatic nitrogens is 3. The van der Waals surface area contributed by atoms with E-state index in [-0.39, 0.29) is 18.1 Å². The maximum absolute atomic E-state index is 12.7. The molecular weight excluding hydrogens is 374 g/mol. The summed E-state index contributed by atoms with van der Waals surface area (Å²) >= 11 is 0. The molecule has 0 bridgehead atoms. The highest BCUT2D eigenvalue weighted by Crippen LogP contribution is 2.20. The standard InChI is InChI=1S/C20H27N5O4/c1-25(10-13-3-2-6-21-9-13)11-17-19(26)16(5-8-29-17)22-20(27)18-14-12-28-7-4-15(14)23-24-18/h2-3,6,9,16-17,19,26H,4-5,7-8,10-12H2,1H3,(H,22,27)(H,23,24)/t16-,17+,19-/m0/s1. The zero-order valence-corrected chi connectivity index (χ0v) is 16.5. The van der Waals surface area contributed by atoms with Crippen molar-refractivity contribution in [2.75, 3.05) is 26.8 Å². The van der Waals surface area contributed by atoms with Crippen molar-refractivity contribution in [3.05, 3.63) is 47.0 Å². The van der Waals surface area contributed by atoms with E-state index in [1.54, 1.807) is 6.20 Å². The molecule has 9 heteroatoms. The molecule has 4 heterocycles. The number of H-pyrrole nitrogens is 1. The molecule has 2 aliphatic rings. The minimum absolute atomic E-state index is 0.290. The number of nitrogens with zero attached hydrogens (tertiary/aromatic N) is 3. The number of nitrogens with one attached hydrogen (secondary N) is 2. The van der Waals surface area contributed by atoms with Gasteiger partial charge in [-0.15, -0.1) is 0 Å². The van der Waals surface area contributed by atoms with Gasteiger partial charge in [0.15, 0.2) is 5.69 Å². The highest BCUT2D eigenvalue weighted by Gasteiger charge is 2.35. The third kappa shape index (κ3) is 4.64. The van der Waals surface area contributed by atoms with Crippen molar-refractivity contribution in [1.29, 1.82) is 0 Å². The van der Waals surface area contributed by atoms with Crippen molar-refractivity contribution in [2.24, 2.45) is 0 Å². The number of aromatic amines is 1. The molecule has 0 aliphatic carbocycles. The van der Waals surface area contributed by atoms with Crippen LogP contribution in [0.15, 0.2) is 24.5 Å². The Labute approximate surface area is 169 Å². The Morgan fingerprint density at radius 1 is 1.45 bits per heavy atom. The topological polar surface area (TPSA) is 113 Å². The van der Waals surface area contributed by atoms with Gasteiger partial charge in [-0.25, -0.2) is 0 Å². The monoisotopic (exact) mass is 401 g/mol. The molecule has 0 aromatic carbocycles. The maximum atomic E-state index is 12.7. The summed E-state index contributed by atoms with van der Waals surface area (Å²) in [5, 5.41) is 20.8. The van der Waals surface area contributed by atoms with Gasteiger partial charge in [0.1, 0.15) is 6.10 Å². The van der Waals surface area contributed by atoms with Crippen molar-refractivity contribution in [3.8, 4) is 0 Å². The van der Waals surface area contributed by atoms with E-state index in [4.69, 9.17) is 9.47 Å². The summed E-state index contributed by atoms with van der Waals surface area (Å²) in [6.07, 6.45) is 3.67. The van der Waals surface area contributed by atoms with Gasteiger partial charge >= 0.3 is 0 Å². The number of ether oxygens (including phenoxy) is 2. The first kappa shape index (κ1) is 20.0. The number of pyridine rings is 1. The van der Waals surface area contributed by atoms with Gasteiger partial charge in [-0.3, -0.25) is 19.8 Å². The van der Waals surface area contributed by atoms with Crippen LogP contribution in [0.2, 0.25) is 0 Å². The number of carbonyl (C=O) groups excluding carboxylic acids is 1. The third-order valence-electron chi connectivity index (χ3n) is 5.45. The lowest BCUT2D eigenvalue weighted by Crippen LogP contribution is -2.55. The summed E-state index contributed by atoms with van der Waals surface area (Å²) in [6.45, 7) is 2.75. The van der Waals surface area contributed by atoms with Crippen LogP contribution in [0, 0.1) is 0 Å². The van der Waals surface area contributed by atoms with Gasteiger partial charge < -0.3 is 19.9 Å². The number of carbonyl (C=O) groups is 1. The fourth-order valence-corrected chi connectivity index (χ4v) is 3.90. The summed E-state index contributed by atoms with van der Waals surface area (Å²) < 4.78 is 11.2. The van der Waals surface area contributed by atoms with Crippen LogP contribution in [0.4, 0.5) is 0 Å². The number of aliphatic hydroxyl groups is 1. The van der Waals surface area contributed by atoms with Gasteiger partial charge in [0.2, 0.25) is 0 Å². The SMILES string of the molecule is CN(Cc1cccnc1)C[C@H]1OCC[C@H](NC(=O)c2n[nH]c3c2COCC3)[C@@H]1O. The highest BCUT2D eigenvalue weighted by atomic mass is 16.5. The lowest BCUT2D eigenvalue weighted by Gasteiger charge is -2.37. The van der Waals surface area contributed by atoms with E-state index in [0.29, 0.717) is 45.0 Å². The average molecular weight is 401 g/mol. The molecule has 2 aliphatic heterocycles. The smallest absolute Gasteiger partial charge is 0.272 e. The van der Waals surface area contributed by atoms with Gasteiger partial charge in [-0.2, -0.15) is 5.10 Å². The Morgan fingerprint density at radius 2 is 2.34 bits per heavy atom. The van der Waals surface area contributed by atoms with Gasteiger partial charge in [-0.1, -0.05) is 6.07 Å². The van der Waals surface area contributed by atoms with E-state index < -0.39 is 6.10 Å². The quantitative estimate of drug-likeness (QED) is 0.636. The lowest BCUT2D eigenvalue weighted by atomic mass is 9.98. The van der Waals surface area contributed by atoms with E-state index in [1.807, 2.05) is 25.4 Å². The van der Waals surface area contributed by atoms with Crippen molar-refractivity contribution < 1.29 is 19.4 Å². The summed E-state index contributed by atoms with van der Waals surface area (Å²) in [4.78, 5) is 18.9. The van der Waals surface area contributed by atoms with E-state index >= 15 is 0 Å². The van der Waals surface area contributed by atoms with Crippen LogP contribution >= 0.6 is 0 Å². The number of hydrogen-bond donors (Lipinski definition) is 3. The van der Waals surface area contributed by atoms with Crippen LogP contribution in [0.5, 0.6) is 0 Å². The molecule has 0 spiro atoms. The van der Waals surface area contributed by atoms with Gasteiger partial charge in [0.25, 0.3) is 5.91 Å². The Hall–Kier alpha value is -2.33. The maximum Gasteiger partial charge on any atom is 0.272 e. The zero-order valence-electron chi connectivity index (χ0n) is 16.5. The molecule has 0 radical (unpaired) electrons. The predicted molar refractivity (Wildman–Crippen MR) is 104 cm³/mol. The van der Waals surface area contributed by atoms with Crippen LogP contribution in [-0.2, 0) is 29.0 Å². The number of likely N-dealkylation sites (N-methyl/N-ethyl adjacent to an activating group) is 1. The summed E-state index contributed by atoms with van der Waals surface area (Å²) in [5.74, 6) is -0.290. The molecule has 3 N–H and O–H groups in total. The molecule has 2 aromatic heterocycles. The van der Waals surface area contributed by atoms with E-state index in [2.05, 4.69) is 25.4 Å². The molecule has 0 saturated carbocycles.